The molecule has 3 aromatic carbocycles. The smallest absolute Gasteiger partial charge is 0.237 e. The van der Waals surface area contributed by atoms with E-state index in [0.29, 0.717) is 21.9 Å². The number of rotatable bonds is 5. The molecule has 0 bridgehead atoms. The second-order valence-corrected chi connectivity index (χ2v) is 7.89. The normalized spacial score (nSPS) is 12.3. The molecule has 4 rings (SSSR count). The average molecular weight is 413 g/mol. The number of nitrogens with one attached hydrogen (secondary N) is 1. The summed E-state index contributed by atoms with van der Waals surface area (Å²) in [5.41, 5.74) is 1.85. The van der Waals surface area contributed by atoms with E-state index in [1.807, 2.05) is 30.3 Å². The predicted octanol–water partition coefficient (Wildman–Crippen LogP) is 5.99. The second-order valence-electron chi connectivity index (χ2n) is 6.47. The summed E-state index contributed by atoms with van der Waals surface area (Å²) in [6, 6.07) is 14.8. The maximum Gasteiger partial charge on any atom is 0.237 e. The molecule has 29 heavy (non-hydrogen) atoms. The van der Waals surface area contributed by atoms with Crippen molar-refractivity contribution in [3.8, 4) is 5.75 Å². The van der Waals surface area contributed by atoms with Crippen molar-refractivity contribution >= 4 is 45.3 Å². The number of thioether (sulfide) groups is 1. The molecule has 4 nitrogen and oxygen atoms in total. The summed E-state index contributed by atoms with van der Waals surface area (Å²) < 4.78 is 37.8. The van der Waals surface area contributed by atoms with Crippen LogP contribution in [0.25, 0.3) is 21.9 Å². The molecule has 1 heterocycles. The molecular weight excluding hydrogens is 396 g/mol. The van der Waals surface area contributed by atoms with Crippen molar-refractivity contribution in [3.63, 3.8) is 0 Å². The summed E-state index contributed by atoms with van der Waals surface area (Å²) in [4.78, 5) is 13.1. The highest BCUT2D eigenvalue weighted by Gasteiger charge is 2.19. The maximum atomic E-state index is 13.4. The number of hydrogen-bond donors (Lipinski definition) is 1. The lowest BCUT2D eigenvalue weighted by Gasteiger charge is -2.14. The van der Waals surface area contributed by atoms with Crippen LogP contribution in [0.3, 0.4) is 0 Å². The van der Waals surface area contributed by atoms with Crippen LogP contribution in [0.5, 0.6) is 5.75 Å². The van der Waals surface area contributed by atoms with Gasteiger partial charge in [0.25, 0.3) is 0 Å². The van der Waals surface area contributed by atoms with Gasteiger partial charge in [0.05, 0.1) is 18.0 Å². The van der Waals surface area contributed by atoms with Crippen LogP contribution in [0.4, 0.5) is 14.5 Å². The van der Waals surface area contributed by atoms with Gasteiger partial charge in [0.1, 0.15) is 16.9 Å². The van der Waals surface area contributed by atoms with Crippen molar-refractivity contribution in [1.82, 2.24) is 0 Å². The Kier molecular flexibility index (Phi) is 5.15. The van der Waals surface area contributed by atoms with Gasteiger partial charge in [-0.05, 0) is 37.3 Å². The number of hydrogen-bond acceptors (Lipinski definition) is 4. The molecule has 0 aliphatic carbocycles. The van der Waals surface area contributed by atoms with E-state index in [0.717, 1.165) is 40.3 Å². The van der Waals surface area contributed by atoms with Gasteiger partial charge in [-0.15, -0.1) is 11.8 Å². The number of fused-ring (bicyclic) bond motifs is 3. The lowest BCUT2D eigenvalue weighted by atomic mass is 10.1. The van der Waals surface area contributed by atoms with Crippen molar-refractivity contribution in [1.29, 1.82) is 0 Å². The van der Waals surface area contributed by atoms with Gasteiger partial charge in [-0.1, -0.05) is 18.2 Å². The Morgan fingerprint density at radius 3 is 2.59 bits per heavy atom. The molecule has 1 amide bonds. The molecule has 0 unspecified atom stereocenters. The number of para-hydroxylation sites is 1. The molecule has 0 radical (unpaired) electrons. The van der Waals surface area contributed by atoms with Crippen molar-refractivity contribution in [2.75, 3.05) is 12.4 Å². The van der Waals surface area contributed by atoms with E-state index in [-0.39, 0.29) is 5.91 Å². The molecule has 0 fully saturated rings. The summed E-state index contributed by atoms with van der Waals surface area (Å²) in [7, 11) is 1.53. The highest BCUT2D eigenvalue weighted by atomic mass is 32.2. The average Bonchev–Trinajstić information content (AvgIpc) is 3.07. The predicted molar refractivity (Wildman–Crippen MR) is 111 cm³/mol. The number of carbonyl (C=O) groups is 1. The number of furan rings is 1. The minimum Gasteiger partial charge on any atom is -0.495 e. The second kappa shape index (κ2) is 7.75. The first-order chi connectivity index (χ1) is 14.0. The van der Waals surface area contributed by atoms with E-state index in [2.05, 4.69) is 5.32 Å². The minimum atomic E-state index is -0.945. The van der Waals surface area contributed by atoms with Gasteiger partial charge in [0, 0.05) is 21.7 Å². The molecule has 0 saturated heterocycles. The van der Waals surface area contributed by atoms with Crippen LogP contribution in [0, 0.1) is 11.6 Å². The maximum absolute atomic E-state index is 13.4. The summed E-state index contributed by atoms with van der Waals surface area (Å²) in [5.74, 6) is -1.66. The van der Waals surface area contributed by atoms with Gasteiger partial charge in [0.15, 0.2) is 11.6 Å². The number of carbonyl (C=O) groups excluding carboxylic acids is 1. The molecule has 0 saturated carbocycles. The number of benzene rings is 3. The fourth-order valence-corrected chi connectivity index (χ4v) is 3.95. The van der Waals surface area contributed by atoms with Crippen molar-refractivity contribution in [2.45, 2.75) is 17.1 Å². The highest BCUT2D eigenvalue weighted by molar-refractivity contribution is 8.00. The topological polar surface area (TPSA) is 51.5 Å². The van der Waals surface area contributed by atoms with E-state index in [9.17, 15) is 13.6 Å². The van der Waals surface area contributed by atoms with Crippen LogP contribution in [0.2, 0.25) is 0 Å². The third-order valence-corrected chi connectivity index (χ3v) is 5.62. The molecule has 0 aliphatic heterocycles. The van der Waals surface area contributed by atoms with Crippen LogP contribution in [0.15, 0.2) is 63.9 Å². The summed E-state index contributed by atoms with van der Waals surface area (Å²) in [5, 5.41) is 4.13. The molecule has 7 heteroatoms. The number of halogens is 2. The summed E-state index contributed by atoms with van der Waals surface area (Å²) in [6.45, 7) is 1.69. The summed E-state index contributed by atoms with van der Waals surface area (Å²) >= 11 is 1.13. The van der Waals surface area contributed by atoms with Crippen molar-refractivity contribution in [3.05, 3.63) is 66.2 Å². The number of amides is 1. The first-order valence-electron chi connectivity index (χ1n) is 8.88. The van der Waals surface area contributed by atoms with Crippen LogP contribution in [0.1, 0.15) is 6.92 Å². The number of ether oxygens (including phenoxy) is 1. The van der Waals surface area contributed by atoms with Gasteiger partial charge < -0.3 is 14.5 Å². The zero-order valence-electron chi connectivity index (χ0n) is 15.7. The first-order valence-corrected chi connectivity index (χ1v) is 9.76. The van der Waals surface area contributed by atoms with Gasteiger partial charge in [0.2, 0.25) is 5.91 Å². The van der Waals surface area contributed by atoms with Crippen LogP contribution >= 0.6 is 11.8 Å². The van der Waals surface area contributed by atoms with Crippen LogP contribution in [-0.4, -0.2) is 18.3 Å². The Balaban J connectivity index is 1.59. The van der Waals surface area contributed by atoms with E-state index in [1.54, 1.807) is 13.0 Å². The molecule has 148 valence electrons. The molecule has 4 aromatic rings. The van der Waals surface area contributed by atoms with E-state index < -0.39 is 16.9 Å². The van der Waals surface area contributed by atoms with E-state index in [1.165, 1.54) is 13.2 Å². The Bertz CT molecular complexity index is 1220. The Morgan fingerprint density at radius 2 is 1.83 bits per heavy atom. The van der Waals surface area contributed by atoms with E-state index >= 15 is 0 Å². The molecule has 0 aliphatic rings. The SMILES string of the molecule is COc1cc2c(cc1NC(=O)[C@@H](C)Sc1ccc(F)c(F)c1)oc1ccccc12. The minimum absolute atomic E-state index is 0.298. The molecular formula is C22H17F2NO3S. The lowest BCUT2D eigenvalue weighted by Crippen LogP contribution is -2.22. The van der Waals surface area contributed by atoms with Crippen LogP contribution in [-0.2, 0) is 4.79 Å². The molecule has 1 aromatic heterocycles. The van der Waals surface area contributed by atoms with Crippen molar-refractivity contribution < 1.29 is 22.7 Å². The number of anilines is 1. The fourth-order valence-electron chi connectivity index (χ4n) is 3.06. The molecule has 1 N–H and O–H groups in total. The van der Waals surface area contributed by atoms with Gasteiger partial charge in [-0.25, -0.2) is 8.78 Å². The molecule has 0 spiro atoms. The summed E-state index contributed by atoms with van der Waals surface area (Å²) in [6.07, 6.45) is 0. The zero-order valence-corrected chi connectivity index (χ0v) is 16.5. The van der Waals surface area contributed by atoms with Crippen LogP contribution < -0.4 is 10.1 Å². The lowest BCUT2D eigenvalue weighted by molar-refractivity contribution is -0.115. The third-order valence-electron chi connectivity index (χ3n) is 4.53. The van der Waals surface area contributed by atoms with Gasteiger partial charge in [-0.2, -0.15) is 0 Å². The van der Waals surface area contributed by atoms with Crippen molar-refractivity contribution in [2.24, 2.45) is 0 Å². The largest absolute Gasteiger partial charge is 0.495 e. The Labute approximate surface area is 169 Å². The Hall–Kier alpha value is -3.06. The van der Waals surface area contributed by atoms with Gasteiger partial charge in [-0.3, -0.25) is 4.79 Å². The molecule has 1 atom stereocenters. The third kappa shape index (κ3) is 3.78. The fraction of sp³-hybridized carbons (Fsp3) is 0.136. The monoisotopic (exact) mass is 413 g/mol. The number of methoxy groups -OCH3 is 1. The Morgan fingerprint density at radius 1 is 1.03 bits per heavy atom. The van der Waals surface area contributed by atoms with E-state index in [4.69, 9.17) is 9.15 Å². The first kappa shape index (κ1) is 19.3. The quantitative estimate of drug-likeness (QED) is 0.408. The van der Waals surface area contributed by atoms with Gasteiger partial charge >= 0.3 is 0 Å². The zero-order chi connectivity index (χ0) is 20.5. The standard InChI is InChI=1S/C22H17F2NO3S/c1-12(29-13-7-8-16(23)17(24)9-13)22(26)25-18-11-20-15(10-21(18)27-2)14-5-3-4-6-19(14)28-20/h3-12H,1-2H3,(H,25,26)/t12-/m1/s1. The highest BCUT2D eigenvalue weighted by Crippen LogP contribution is 2.37.